The average molecular weight is 461 g/mol. The van der Waals surface area contributed by atoms with Gasteiger partial charge in [-0.15, -0.1) is 11.3 Å². The van der Waals surface area contributed by atoms with Gasteiger partial charge in [0.05, 0.1) is 24.6 Å². The van der Waals surface area contributed by atoms with Crippen molar-refractivity contribution in [2.24, 2.45) is 5.92 Å². The van der Waals surface area contributed by atoms with Crippen molar-refractivity contribution >= 4 is 35.0 Å². The molecule has 0 bridgehead atoms. The van der Waals surface area contributed by atoms with Gasteiger partial charge in [-0.05, 0) is 30.7 Å². The lowest BCUT2D eigenvalue weighted by Gasteiger charge is -2.41. The van der Waals surface area contributed by atoms with Gasteiger partial charge in [-0.2, -0.15) is 13.2 Å². The molecule has 0 spiro atoms. The van der Waals surface area contributed by atoms with Gasteiger partial charge < -0.3 is 20.3 Å². The van der Waals surface area contributed by atoms with Crippen molar-refractivity contribution in [1.82, 2.24) is 15.5 Å². The van der Waals surface area contributed by atoms with Gasteiger partial charge in [-0.3, -0.25) is 14.4 Å². The molecule has 3 atom stereocenters. The van der Waals surface area contributed by atoms with Gasteiger partial charge in [0, 0.05) is 19.5 Å². The number of ether oxygens (including phenoxy) is 1. The predicted octanol–water partition coefficient (Wildman–Crippen LogP) is 1.71. The van der Waals surface area contributed by atoms with E-state index in [0.29, 0.717) is 19.3 Å². The Bertz CT molecular complexity index is 872. The maximum Gasteiger partial charge on any atom is 0.393 e. The largest absolute Gasteiger partial charge is 0.465 e. The molecule has 31 heavy (non-hydrogen) atoms. The Kier molecular flexibility index (Phi) is 6.87. The summed E-state index contributed by atoms with van der Waals surface area (Å²) in [6.07, 6.45) is -3.71. The van der Waals surface area contributed by atoms with E-state index in [9.17, 15) is 32.3 Å². The molecule has 0 radical (unpaired) electrons. The molecule has 8 nitrogen and oxygen atoms in total. The highest BCUT2D eigenvalue weighted by Crippen LogP contribution is 2.35. The number of methoxy groups -OCH3 is 1. The van der Waals surface area contributed by atoms with Gasteiger partial charge in [0.25, 0.3) is 5.91 Å². The Labute approximate surface area is 180 Å². The first-order chi connectivity index (χ1) is 14.6. The number of carbonyl (C=O) groups excluding carboxylic acids is 4. The van der Waals surface area contributed by atoms with Crippen LogP contribution in [0.25, 0.3) is 0 Å². The number of thiophene rings is 1. The highest BCUT2D eigenvalue weighted by atomic mass is 32.1. The minimum absolute atomic E-state index is 0.0165. The van der Waals surface area contributed by atoms with E-state index >= 15 is 0 Å². The third-order valence-corrected chi connectivity index (χ3v) is 6.37. The second kappa shape index (κ2) is 9.25. The number of amides is 3. The second-order valence-electron chi connectivity index (χ2n) is 7.47. The van der Waals surface area contributed by atoms with Gasteiger partial charge in [-0.1, -0.05) is 0 Å². The van der Waals surface area contributed by atoms with E-state index in [1.807, 2.05) is 0 Å². The van der Waals surface area contributed by atoms with Crippen LogP contribution >= 0.6 is 11.3 Å². The zero-order valence-corrected chi connectivity index (χ0v) is 17.5. The van der Waals surface area contributed by atoms with Crippen LogP contribution < -0.4 is 10.6 Å². The quantitative estimate of drug-likeness (QED) is 0.665. The standard InChI is InChI=1S/C19H22F3N3O5S/c1-30-18(29)15-10(6-8-31-15)16(27)24-13-9-25(7-5-11(13)19(20,21)22)17(28)12-3-2-4-14(26)23-12/h6,8,11-13H,2-5,7,9H2,1H3,(H,23,26)(H,24,27)/t11?,12-,13?/m1/s1. The number of esters is 1. The molecule has 0 saturated carbocycles. The monoisotopic (exact) mass is 461 g/mol. The van der Waals surface area contributed by atoms with E-state index in [-0.39, 0.29) is 35.9 Å². The van der Waals surface area contributed by atoms with Crippen LogP contribution in [0, 0.1) is 5.92 Å². The van der Waals surface area contributed by atoms with Crippen LogP contribution in [0.5, 0.6) is 0 Å². The van der Waals surface area contributed by atoms with E-state index in [2.05, 4.69) is 15.4 Å². The van der Waals surface area contributed by atoms with E-state index < -0.39 is 42.0 Å². The molecule has 3 amide bonds. The maximum absolute atomic E-state index is 13.6. The third-order valence-electron chi connectivity index (χ3n) is 5.47. The zero-order valence-electron chi connectivity index (χ0n) is 16.7. The summed E-state index contributed by atoms with van der Waals surface area (Å²) >= 11 is 0.941. The summed E-state index contributed by atoms with van der Waals surface area (Å²) in [6, 6.07) is -0.837. The molecule has 2 aliphatic rings. The van der Waals surface area contributed by atoms with Crippen molar-refractivity contribution in [2.75, 3.05) is 20.2 Å². The molecule has 170 valence electrons. The summed E-state index contributed by atoms with van der Waals surface area (Å²) in [4.78, 5) is 50.0. The molecular weight excluding hydrogens is 439 g/mol. The van der Waals surface area contributed by atoms with Crippen LogP contribution in [0.1, 0.15) is 45.7 Å². The Hall–Kier alpha value is -2.63. The summed E-state index contributed by atoms with van der Waals surface area (Å²) < 4.78 is 45.4. The molecule has 1 aromatic rings. The molecule has 3 heterocycles. The fourth-order valence-electron chi connectivity index (χ4n) is 3.89. The molecule has 0 aromatic carbocycles. The molecular formula is C19H22F3N3O5S. The number of nitrogens with one attached hydrogen (secondary N) is 2. The summed E-state index contributed by atoms with van der Waals surface area (Å²) in [5.41, 5.74) is -0.0826. The zero-order chi connectivity index (χ0) is 22.8. The highest BCUT2D eigenvalue weighted by molar-refractivity contribution is 7.12. The molecule has 3 rings (SSSR count). The number of rotatable bonds is 4. The van der Waals surface area contributed by atoms with Crippen molar-refractivity contribution in [3.05, 3.63) is 21.9 Å². The lowest BCUT2D eigenvalue weighted by Crippen LogP contribution is -2.60. The molecule has 0 aliphatic carbocycles. The van der Waals surface area contributed by atoms with Crippen molar-refractivity contribution in [3.63, 3.8) is 0 Å². The molecule has 2 N–H and O–H groups in total. The Morgan fingerprint density at radius 2 is 2.03 bits per heavy atom. The van der Waals surface area contributed by atoms with Crippen LogP contribution in [0.3, 0.4) is 0 Å². The average Bonchev–Trinajstić information content (AvgIpc) is 3.22. The third kappa shape index (κ3) is 5.17. The number of hydrogen-bond acceptors (Lipinski definition) is 6. The van der Waals surface area contributed by atoms with E-state index in [4.69, 9.17) is 0 Å². The molecule has 1 aromatic heterocycles. The predicted molar refractivity (Wildman–Crippen MR) is 103 cm³/mol. The smallest absolute Gasteiger partial charge is 0.393 e. The first-order valence-electron chi connectivity index (χ1n) is 9.73. The molecule has 2 unspecified atom stereocenters. The molecule has 2 aliphatic heterocycles. The number of hydrogen-bond donors (Lipinski definition) is 2. The minimum Gasteiger partial charge on any atom is -0.465 e. The van der Waals surface area contributed by atoms with Crippen molar-refractivity contribution in [3.8, 4) is 0 Å². The second-order valence-corrected chi connectivity index (χ2v) is 8.38. The first-order valence-corrected chi connectivity index (χ1v) is 10.6. The van der Waals surface area contributed by atoms with Gasteiger partial charge in [0.1, 0.15) is 10.9 Å². The fraction of sp³-hybridized carbons (Fsp3) is 0.579. The number of likely N-dealkylation sites (tertiary alicyclic amines) is 1. The summed E-state index contributed by atoms with van der Waals surface area (Å²) in [5.74, 6) is -4.19. The lowest BCUT2D eigenvalue weighted by molar-refractivity contribution is -0.193. The number of piperidine rings is 2. The van der Waals surface area contributed by atoms with Gasteiger partial charge in [0.15, 0.2) is 0 Å². The van der Waals surface area contributed by atoms with Crippen molar-refractivity contribution in [1.29, 1.82) is 0 Å². The van der Waals surface area contributed by atoms with Gasteiger partial charge >= 0.3 is 12.1 Å². The Balaban J connectivity index is 1.76. The molecule has 12 heteroatoms. The maximum atomic E-state index is 13.6. The number of halogens is 3. The van der Waals surface area contributed by atoms with E-state index in [1.54, 1.807) is 0 Å². The summed E-state index contributed by atoms with van der Waals surface area (Å²) in [7, 11) is 1.14. The SMILES string of the molecule is COC(=O)c1sccc1C(=O)NC1CN(C(=O)[C@H]2CCCC(=O)N2)CCC1C(F)(F)F. The normalized spacial score (nSPS) is 24.3. The van der Waals surface area contributed by atoms with Crippen LogP contribution in [0.2, 0.25) is 0 Å². The highest BCUT2D eigenvalue weighted by Gasteiger charge is 2.49. The molecule has 2 saturated heterocycles. The van der Waals surface area contributed by atoms with E-state index in [1.165, 1.54) is 16.3 Å². The topological polar surface area (TPSA) is 105 Å². The number of nitrogens with zero attached hydrogens (tertiary/aromatic N) is 1. The van der Waals surface area contributed by atoms with Crippen LogP contribution in [0.4, 0.5) is 13.2 Å². The fourth-order valence-corrected chi connectivity index (χ4v) is 4.69. The van der Waals surface area contributed by atoms with Crippen LogP contribution in [-0.4, -0.2) is 67.1 Å². The Morgan fingerprint density at radius 1 is 1.29 bits per heavy atom. The lowest BCUT2D eigenvalue weighted by atomic mass is 9.89. The number of alkyl halides is 3. The van der Waals surface area contributed by atoms with Gasteiger partial charge in [-0.25, -0.2) is 4.79 Å². The molecule has 2 fully saturated rings. The summed E-state index contributed by atoms with van der Waals surface area (Å²) in [6.45, 7) is -0.480. The van der Waals surface area contributed by atoms with Gasteiger partial charge in [0.2, 0.25) is 11.8 Å². The number of carbonyl (C=O) groups is 4. The first kappa shape index (κ1) is 23.0. The van der Waals surface area contributed by atoms with Crippen LogP contribution in [-0.2, 0) is 14.3 Å². The van der Waals surface area contributed by atoms with Crippen LogP contribution in [0.15, 0.2) is 11.4 Å². The summed E-state index contributed by atoms with van der Waals surface area (Å²) in [5, 5.41) is 6.39. The van der Waals surface area contributed by atoms with E-state index in [0.717, 1.165) is 18.4 Å². The van der Waals surface area contributed by atoms with Crippen molar-refractivity contribution in [2.45, 2.75) is 43.9 Å². The van der Waals surface area contributed by atoms with Crippen molar-refractivity contribution < 1.29 is 37.1 Å². The Morgan fingerprint density at radius 3 is 2.68 bits per heavy atom. The minimum atomic E-state index is -4.58.